The van der Waals surface area contributed by atoms with Gasteiger partial charge in [0.2, 0.25) is 5.91 Å². The van der Waals surface area contributed by atoms with Crippen LogP contribution in [0.3, 0.4) is 0 Å². The lowest BCUT2D eigenvalue weighted by molar-refractivity contribution is -0.117. The third-order valence-electron chi connectivity index (χ3n) is 1.45. The van der Waals surface area contributed by atoms with Gasteiger partial charge >= 0.3 is 0 Å². The monoisotopic (exact) mass is 237 g/mol. The number of carbonyl (C=O) groups is 1. The van der Waals surface area contributed by atoms with Crippen LogP contribution in [0.4, 0.5) is 0 Å². The molecule has 0 spiro atoms. The number of primary amides is 1. The van der Waals surface area contributed by atoms with Crippen LogP contribution in [0.1, 0.15) is 5.56 Å². The molecule has 0 aliphatic rings. The average Bonchev–Trinajstić information content (AvgIpc) is 1.99. The molecule has 1 amide bonds. The highest BCUT2D eigenvalue weighted by Crippen LogP contribution is 2.28. The standard InChI is InChI=1S/C8H6Cl3NO/c9-5-3-7(11)6(10)1-4(5)2-8(12)13/h1,3H,2H2,(H2,12,13). The van der Waals surface area contributed by atoms with Crippen LogP contribution in [0.5, 0.6) is 0 Å². The maximum absolute atomic E-state index is 10.6. The fourth-order valence-corrected chi connectivity index (χ4v) is 1.52. The van der Waals surface area contributed by atoms with Gasteiger partial charge in [0.15, 0.2) is 0 Å². The van der Waals surface area contributed by atoms with Crippen LogP contribution in [0.25, 0.3) is 0 Å². The SMILES string of the molecule is NC(=O)Cc1cc(Cl)c(Cl)cc1Cl. The molecule has 0 heterocycles. The average molecular weight is 239 g/mol. The Morgan fingerprint density at radius 2 is 1.69 bits per heavy atom. The predicted molar refractivity (Wildman–Crippen MR) is 54.4 cm³/mol. The quantitative estimate of drug-likeness (QED) is 0.791. The number of carbonyl (C=O) groups excluding carboxylic acids is 1. The van der Waals surface area contributed by atoms with Crippen LogP contribution >= 0.6 is 34.8 Å². The second kappa shape index (κ2) is 4.18. The van der Waals surface area contributed by atoms with E-state index >= 15 is 0 Å². The van der Waals surface area contributed by atoms with Crippen molar-refractivity contribution in [1.29, 1.82) is 0 Å². The van der Waals surface area contributed by atoms with E-state index in [-0.39, 0.29) is 6.42 Å². The van der Waals surface area contributed by atoms with Crippen molar-refractivity contribution in [3.8, 4) is 0 Å². The van der Waals surface area contributed by atoms with Crippen molar-refractivity contribution in [2.24, 2.45) is 5.73 Å². The first-order valence-corrected chi connectivity index (χ1v) is 4.56. The smallest absolute Gasteiger partial charge is 0.221 e. The maximum atomic E-state index is 10.6. The molecule has 2 nitrogen and oxygen atoms in total. The molecule has 70 valence electrons. The van der Waals surface area contributed by atoms with E-state index in [9.17, 15) is 4.79 Å². The molecule has 0 saturated heterocycles. The molecule has 0 radical (unpaired) electrons. The summed E-state index contributed by atoms with van der Waals surface area (Å²) in [5.41, 5.74) is 5.59. The Bertz CT molecular complexity index is 351. The number of hydrogen-bond donors (Lipinski definition) is 1. The summed E-state index contributed by atoms with van der Waals surface area (Å²) in [5.74, 6) is -0.458. The third kappa shape index (κ3) is 2.76. The molecule has 1 rings (SSSR count). The molecule has 0 saturated carbocycles. The Hall–Kier alpha value is -0.440. The van der Waals surface area contributed by atoms with Crippen LogP contribution in [0, 0.1) is 0 Å². The van der Waals surface area contributed by atoms with Gasteiger partial charge in [0.25, 0.3) is 0 Å². The number of nitrogens with two attached hydrogens (primary N) is 1. The van der Waals surface area contributed by atoms with E-state index in [1.54, 1.807) is 0 Å². The highest BCUT2D eigenvalue weighted by molar-refractivity contribution is 6.43. The van der Waals surface area contributed by atoms with Crippen LogP contribution in [-0.2, 0) is 11.2 Å². The fourth-order valence-electron chi connectivity index (χ4n) is 0.887. The van der Waals surface area contributed by atoms with Crippen molar-refractivity contribution >= 4 is 40.7 Å². The van der Waals surface area contributed by atoms with Crippen LogP contribution < -0.4 is 5.73 Å². The Morgan fingerprint density at radius 1 is 1.15 bits per heavy atom. The van der Waals surface area contributed by atoms with Gasteiger partial charge in [-0.15, -0.1) is 0 Å². The highest BCUT2D eigenvalue weighted by atomic mass is 35.5. The zero-order chi connectivity index (χ0) is 10.0. The first kappa shape index (κ1) is 10.6. The Kier molecular flexibility index (Phi) is 3.42. The Labute approximate surface area is 90.6 Å². The minimum Gasteiger partial charge on any atom is -0.369 e. The Balaban J connectivity index is 3.08. The lowest BCUT2D eigenvalue weighted by Gasteiger charge is -2.03. The number of hydrogen-bond acceptors (Lipinski definition) is 1. The van der Waals surface area contributed by atoms with E-state index in [1.807, 2.05) is 0 Å². The molecule has 2 N–H and O–H groups in total. The molecule has 0 aliphatic heterocycles. The predicted octanol–water partition coefficient (Wildman–Crippen LogP) is 2.67. The van der Waals surface area contributed by atoms with Gasteiger partial charge in [0, 0.05) is 5.02 Å². The van der Waals surface area contributed by atoms with E-state index in [2.05, 4.69) is 0 Å². The summed E-state index contributed by atoms with van der Waals surface area (Å²) in [6, 6.07) is 3.03. The molecule has 1 aromatic rings. The van der Waals surface area contributed by atoms with Gasteiger partial charge in [0.1, 0.15) is 0 Å². The zero-order valence-electron chi connectivity index (χ0n) is 6.48. The van der Waals surface area contributed by atoms with E-state index in [1.165, 1.54) is 12.1 Å². The third-order valence-corrected chi connectivity index (χ3v) is 2.53. The topological polar surface area (TPSA) is 43.1 Å². The van der Waals surface area contributed by atoms with Gasteiger partial charge in [0.05, 0.1) is 16.5 Å². The van der Waals surface area contributed by atoms with Crippen molar-refractivity contribution in [3.05, 3.63) is 32.8 Å². The van der Waals surface area contributed by atoms with Crippen LogP contribution in [-0.4, -0.2) is 5.91 Å². The Morgan fingerprint density at radius 3 is 2.23 bits per heavy atom. The second-order valence-electron chi connectivity index (χ2n) is 2.50. The summed E-state index contributed by atoms with van der Waals surface area (Å²) in [6.45, 7) is 0. The molecule has 0 unspecified atom stereocenters. The minimum atomic E-state index is -0.458. The summed E-state index contributed by atoms with van der Waals surface area (Å²) in [5, 5.41) is 1.12. The first-order valence-electron chi connectivity index (χ1n) is 3.42. The molecule has 5 heteroatoms. The molecule has 13 heavy (non-hydrogen) atoms. The van der Waals surface area contributed by atoms with E-state index in [0.717, 1.165) is 0 Å². The van der Waals surface area contributed by atoms with Crippen molar-refractivity contribution in [3.63, 3.8) is 0 Å². The summed E-state index contributed by atoms with van der Waals surface area (Å²) in [6.07, 6.45) is 0.0652. The van der Waals surface area contributed by atoms with Gasteiger partial charge in [-0.3, -0.25) is 4.79 Å². The van der Waals surface area contributed by atoms with Crippen molar-refractivity contribution in [2.75, 3.05) is 0 Å². The normalized spacial score (nSPS) is 10.1. The van der Waals surface area contributed by atoms with Crippen molar-refractivity contribution < 1.29 is 4.79 Å². The number of amides is 1. The molecule has 0 bridgehead atoms. The van der Waals surface area contributed by atoms with E-state index in [4.69, 9.17) is 40.5 Å². The molecule has 1 aromatic carbocycles. The lowest BCUT2D eigenvalue weighted by Crippen LogP contribution is -2.13. The summed E-state index contributed by atoms with van der Waals surface area (Å²) in [7, 11) is 0. The highest BCUT2D eigenvalue weighted by Gasteiger charge is 2.07. The molecular weight excluding hydrogens is 232 g/mol. The van der Waals surface area contributed by atoms with Gasteiger partial charge < -0.3 is 5.73 Å². The number of benzene rings is 1. The number of halogens is 3. The maximum Gasteiger partial charge on any atom is 0.221 e. The molecular formula is C8H6Cl3NO. The van der Waals surface area contributed by atoms with E-state index in [0.29, 0.717) is 20.6 Å². The second-order valence-corrected chi connectivity index (χ2v) is 3.72. The minimum absolute atomic E-state index is 0.0652. The van der Waals surface area contributed by atoms with Crippen molar-refractivity contribution in [1.82, 2.24) is 0 Å². The largest absolute Gasteiger partial charge is 0.369 e. The van der Waals surface area contributed by atoms with Crippen molar-refractivity contribution in [2.45, 2.75) is 6.42 Å². The van der Waals surface area contributed by atoms with Crippen LogP contribution in [0.15, 0.2) is 12.1 Å². The summed E-state index contributed by atoms with van der Waals surface area (Å²) in [4.78, 5) is 10.6. The van der Waals surface area contributed by atoms with Crippen LogP contribution in [0.2, 0.25) is 15.1 Å². The molecule has 0 aliphatic carbocycles. The zero-order valence-corrected chi connectivity index (χ0v) is 8.75. The van der Waals surface area contributed by atoms with Gasteiger partial charge in [-0.2, -0.15) is 0 Å². The van der Waals surface area contributed by atoms with E-state index < -0.39 is 5.91 Å². The van der Waals surface area contributed by atoms with Gasteiger partial charge in [-0.05, 0) is 17.7 Å². The fraction of sp³-hybridized carbons (Fsp3) is 0.125. The molecule has 0 atom stereocenters. The van der Waals surface area contributed by atoms with Gasteiger partial charge in [-0.25, -0.2) is 0 Å². The molecule has 0 fully saturated rings. The summed E-state index contributed by atoms with van der Waals surface area (Å²) < 4.78 is 0. The number of rotatable bonds is 2. The summed E-state index contributed by atoms with van der Waals surface area (Å²) >= 11 is 17.2. The molecule has 0 aromatic heterocycles. The lowest BCUT2D eigenvalue weighted by atomic mass is 10.1. The first-order chi connectivity index (χ1) is 6.00. The van der Waals surface area contributed by atoms with Gasteiger partial charge in [-0.1, -0.05) is 34.8 Å².